The maximum absolute atomic E-state index is 12.9. The van der Waals surface area contributed by atoms with Gasteiger partial charge in [0.15, 0.2) is 5.11 Å². The van der Waals surface area contributed by atoms with Crippen molar-refractivity contribution in [3.05, 3.63) is 75.6 Å². The Morgan fingerprint density at radius 1 is 1.14 bits per heavy atom. The first-order valence-electron chi connectivity index (χ1n) is 10.3. The van der Waals surface area contributed by atoms with E-state index in [1.807, 2.05) is 36.4 Å². The fourth-order valence-corrected chi connectivity index (χ4v) is 4.50. The van der Waals surface area contributed by atoms with Crippen LogP contribution >= 0.6 is 12.2 Å². The normalized spacial score (nSPS) is 14.3. The molecule has 1 aliphatic carbocycles. The number of aromatic nitrogens is 1. The van der Waals surface area contributed by atoms with E-state index >= 15 is 0 Å². The zero-order valence-corrected chi connectivity index (χ0v) is 17.8. The summed E-state index contributed by atoms with van der Waals surface area (Å²) in [7, 11) is 0. The Hall–Kier alpha value is -2.66. The van der Waals surface area contributed by atoms with E-state index < -0.39 is 0 Å². The van der Waals surface area contributed by atoms with Crippen LogP contribution in [0, 0.1) is 13.8 Å². The minimum atomic E-state index is -0.0308. The first-order chi connectivity index (χ1) is 14.0. The third-order valence-electron chi connectivity index (χ3n) is 6.02. The van der Waals surface area contributed by atoms with Gasteiger partial charge >= 0.3 is 0 Å². The van der Waals surface area contributed by atoms with Gasteiger partial charge in [-0.2, -0.15) is 0 Å². The summed E-state index contributed by atoms with van der Waals surface area (Å²) in [6.07, 6.45) is 4.64. The van der Waals surface area contributed by atoms with Crippen LogP contribution in [0.2, 0.25) is 0 Å². The minimum Gasteiger partial charge on any atom is -0.342 e. The van der Waals surface area contributed by atoms with Gasteiger partial charge in [-0.3, -0.25) is 4.79 Å². The Balaban J connectivity index is 1.65. The third kappa shape index (κ3) is 4.20. The highest BCUT2D eigenvalue weighted by Crippen LogP contribution is 2.26. The third-order valence-corrected chi connectivity index (χ3v) is 6.36. The number of pyridine rings is 1. The smallest absolute Gasteiger partial charge is 0.253 e. The highest BCUT2D eigenvalue weighted by molar-refractivity contribution is 7.80. The van der Waals surface area contributed by atoms with E-state index in [9.17, 15) is 4.79 Å². The second-order valence-corrected chi connectivity index (χ2v) is 8.34. The molecular formula is C24H27N3OS. The molecule has 0 aliphatic heterocycles. The molecule has 0 amide bonds. The van der Waals surface area contributed by atoms with E-state index in [-0.39, 0.29) is 5.56 Å². The minimum absolute atomic E-state index is 0.0308. The zero-order valence-electron chi connectivity index (χ0n) is 17.0. The summed E-state index contributed by atoms with van der Waals surface area (Å²) in [5, 5.41) is 5.11. The Morgan fingerprint density at radius 3 is 2.59 bits per heavy atom. The quantitative estimate of drug-likeness (QED) is 0.579. The molecule has 1 saturated carbocycles. The van der Waals surface area contributed by atoms with E-state index in [0.29, 0.717) is 17.7 Å². The monoisotopic (exact) mass is 405 g/mol. The largest absolute Gasteiger partial charge is 0.342 e. The van der Waals surface area contributed by atoms with Crippen molar-refractivity contribution in [2.24, 2.45) is 0 Å². The van der Waals surface area contributed by atoms with Gasteiger partial charge < -0.3 is 15.2 Å². The van der Waals surface area contributed by atoms with Crippen LogP contribution in [0.25, 0.3) is 10.9 Å². The Bertz CT molecular complexity index is 1080. The van der Waals surface area contributed by atoms with Gasteiger partial charge in [-0.15, -0.1) is 0 Å². The fraction of sp³-hybridized carbons (Fsp3) is 0.333. The van der Waals surface area contributed by atoms with Gasteiger partial charge in [0.25, 0.3) is 5.56 Å². The molecule has 0 spiro atoms. The number of hydrogen-bond acceptors (Lipinski definition) is 2. The average Bonchev–Trinajstić information content (AvgIpc) is 3.25. The van der Waals surface area contributed by atoms with Crippen molar-refractivity contribution in [1.82, 2.24) is 9.88 Å². The van der Waals surface area contributed by atoms with Crippen LogP contribution in [-0.2, 0) is 6.54 Å². The number of hydrogen-bond donors (Lipinski definition) is 2. The lowest BCUT2D eigenvalue weighted by Crippen LogP contribution is -2.42. The molecule has 0 bridgehead atoms. The number of anilines is 1. The van der Waals surface area contributed by atoms with Crippen molar-refractivity contribution in [3.8, 4) is 0 Å². The summed E-state index contributed by atoms with van der Waals surface area (Å²) in [6.45, 7) is 4.63. The van der Waals surface area contributed by atoms with E-state index in [2.05, 4.69) is 41.2 Å². The molecule has 5 heteroatoms. The average molecular weight is 406 g/mol. The van der Waals surface area contributed by atoms with Crippen LogP contribution in [0.15, 0.2) is 53.3 Å². The van der Waals surface area contributed by atoms with Crippen molar-refractivity contribution in [1.29, 1.82) is 0 Å². The molecular weight excluding hydrogens is 378 g/mol. The molecule has 0 radical (unpaired) electrons. The Kier molecular flexibility index (Phi) is 5.67. The Labute approximate surface area is 176 Å². The van der Waals surface area contributed by atoms with Gasteiger partial charge in [0.1, 0.15) is 0 Å². The van der Waals surface area contributed by atoms with Crippen LogP contribution in [0.3, 0.4) is 0 Å². The molecule has 2 aromatic carbocycles. The number of aryl methyl sites for hydroxylation is 2. The van der Waals surface area contributed by atoms with Crippen LogP contribution in [0.1, 0.15) is 42.4 Å². The van der Waals surface area contributed by atoms with E-state index in [1.54, 1.807) is 0 Å². The fourth-order valence-electron chi connectivity index (χ4n) is 4.17. The number of benzene rings is 2. The number of nitrogens with zero attached hydrogens (tertiary/aromatic N) is 1. The number of thiocarbonyl (C=S) groups is 1. The predicted molar refractivity (Wildman–Crippen MR) is 125 cm³/mol. The standard InChI is InChI=1S/C24H27N3OS/c1-16-12-13-18-14-19(23(28)26-22(18)17(16)2)15-27(21-10-6-7-11-21)24(29)25-20-8-4-3-5-9-20/h3-5,8-9,12-14,21H,6-7,10-11,15H2,1-2H3,(H,25,29)(H,26,28). The molecule has 4 rings (SSSR count). The van der Waals surface area contributed by atoms with Gasteiger partial charge in [0, 0.05) is 17.3 Å². The van der Waals surface area contributed by atoms with Gasteiger partial charge in [-0.25, -0.2) is 0 Å². The van der Waals surface area contributed by atoms with Crippen LogP contribution in [0.5, 0.6) is 0 Å². The second-order valence-electron chi connectivity index (χ2n) is 7.96. The predicted octanol–water partition coefficient (Wildman–Crippen LogP) is 5.29. The Morgan fingerprint density at radius 2 is 1.86 bits per heavy atom. The molecule has 2 N–H and O–H groups in total. The lowest BCUT2D eigenvalue weighted by molar-refractivity contribution is 0.311. The molecule has 3 aromatic rings. The number of aromatic amines is 1. The van der Waals surface area contributed by atoms with Crippen molar-refractivity contribution < 1.29 is 0 Å². The molecule has 0 atom stereocenters. The van der Waals surface area contributed by atoms with E-state index in [0.717, 1.165) is 40.6 Å². The van der Waals surface area contributed by atoms with Gasteiger partial charge in [0.2, 0.25) is 0 Å². The van der Waals surface area contributed by atoms with Crippen molar-refractivity contribution >= 4 is 33.9 Å². The first-order valence-corrected chi connectivity index (χ1v) is 10.7. The molecule has 1 aromatic heterocycles. The molecule has 29 heavy (non-hydrogen) atoms. The number of rotatable bonds is 4. The van der Waals surface area contributed by atoms with Crippen molar-refractivity contribution in [3.63, 3.8) is 0 Å². The maximum Gasteiger partial charge on any atom is 0.253 e. The summed E-state index contributed by atoms with van der Waals surface area (Å²) in [4.78, 5) is 18.2. The summed E-state index contributed by atoms with van der Waals surface area (Å²) in [5.41, 5.74) is 4.93. The number of para-hydroxylation sites is 1. The number of nitrogens with one attached hydrogen (secondary N) is 2. The van der Waals surface area contributed by atoms with Crippen LogP contribution < -0.4 is 10.9 Å². The molecule has 150 valence electrons. The first kappa shape index (κ1) is 19.6. The molecule has 1 fully saturated rings. The summed E-state index contributed by atoms with van der Waals surface area (Å²) in [6, 6.07) is 16.6. The van der Waals surface area contributed by atoms with Gasteiger partial charge in [-0.05, 0) is 73.6 Å². The maximum atomic E-state index is 12.9. The number of H-pyrrole nitrogens is 1. The number of fused-ring (bicyclic) bond motifs is 1. The van der Waals surface area contributed by atoms with Gasteiger partial charge in [-0.1, -0.05) is 43.2 Å². The highest BCUT2D eigenvalue weighted by Gasteiger charge is 2.25. The van der Waals surface area contributed by atoms with Crippen LogP contribution in [0.4, 0.5) is 5.69 Å². The molecule has 0 saturated heterocycles. The molecule has 1 aliphatic rings. The lowest BCUT2D eigenvalue weighted by atomic mass is 10.0. The summed E-state index contributed by atoms with van der Waals surface area (Å²) in [5.74, 6) is 0. The van der Waals surface area contributed by atoms with E-state index in [1.165, 1.54) is 18.4 Å². The lowest BCUT2D eigenvalue weighted by Gasteiger charge is -2.31. The van der Waals surface area contributed by atoms with Crippen molar-refractivity contribution in [2.75, 3.05) is 5.32 Å². The van der Waals surface area contributed by atoms with Crippen LogP contribution in [-0.4, -0.2) is 21.0 Å². The SMILES string of the molecule is Cc1ccc2cc(CN(C(=S)Nc3ccccc3)C3CCCC3)c(=O)[nH]c2c1C. The van der Waals surface area contributed by atoms with E-state index in [4.69, 9.17) is 12.2 Å². The molecule has 1 heterocycles. The topological polar surface area (TPSA) is 48.1 Å². The van der Waals surface area contributed by atoms with Crippen molar-refractivity contribution in [2.45, 2.75) is 52.1 Å². The molecule has 0 unspecified atom stereocenters. The molecule has 4 nitrogen and oxygen atoms in total. The second kappa shape index (κ2) is 8.37. The summed E-state index contributed by atoms with van der Waals surface area (Å²) < 4.78 is 0. The van der Waals surface area contributed by atoms with Gasteiger partial charge in [0.05, 0.1) is 12.1 Å². The summed E-state index contributed by atoms with van der Waals surface area (Å²) >= 11 is 5.77. The highest BCUT2D eigenvalue weighted by atomic mass is 32.1. The zero-order chi connectivity index (χ0) is 20.4.